The van der Waals surface area contributed by atoms with Crippen molar-refractivity contribution in [1.82, 2.24) is 5.32 Å². The van der Waals surface area contributed by atoms with Gasteiger partial charge in [-0.2, -0.15) is 0 Å². The lowest BCUT2D eigenvalue weighted by Gasteiger charge is -2.14. The Morgan fingerprint density at radius 1 is 1.38 bits per heavy atom. The standard InChI is InChI=1S/C13H14ClF2NO4/c1-21-4-2-3-11(13(19)20)17-12(18)7-5-10(16)8(14)6-9(7)15/h5-6,11H,2-4H2,1H3,(H,17,18)(H,19,20). The Morgan fingerprint density at radius 2 is 2.05 bits per heavy atom. The van der Waals surface area contributed by atoms with Crippen molar-refractivity contribution in [2.45, 2.75) is 18.9 Å². The zero-order chi connectivity index (χ0) is 16.0. The van der Waals surface area contributed by atoms with E-state index in [1.165, 1.54) is 7.11 Å². The number of hydrogen-bond donors (Lipinski definition) is 2. The molecule has 8 heteroatoms. The average molecular weight is 322 g/mol. The highest BCUT2D eigenvalue weighted by molar-refractivity contribution is 6.30. The van der Waals surface area contributed by atoms with Crippen molar-refractivity contribution in [2.75, 3.05) is 13.7 Å². The van der Waals surface area contributed by atoms with Crippen molar-refractivity contribution >= 4 is 23.5 Å². The molecule has 0 spiro atoms. The van der Waals surface area contributed by atoms with Gasteiger partial charge in [-0.05, 0) is 25.0 Å². The molecule has 0 bridgehead atoms. The molecule has 21 heavy (non-hydrogen) atoms. The van der Waals surface area contributed by atoms with Gasteiger partial charge in [-0.1, -0.05) is 11.6 Å². The number of carbonyl (C=O) groups excluding carboxylic acids is 1. The lowest BCUT2D eigenvalue weighted by atomic mass is 10.1. The Bertz CT molecular complexity index is 539. The predicted octanol–water partition coefficient (Wildman–Crippen LogP) is 2.23. The molecule has 0 heterocycles. The molecule has 5 nitrogen and oxygen atoms in total. The molecule has 1 unspecified atom stereocenters. The number of methoxy groups -OCH3 is 1. The maximum absolute atomic E-state index is 13.6. The van der Waals surface area contributed by atoms with Crippen LogP contribution in [0, 0.1) is 11.6 Å². The van der Waals surface area contributed by atoms with Crippen LogP contribution in [0.5, 0.6) is 0 Å². The van der Waals surface area contributed by atoms with Gasteiger partial charge in [0.1, 0.15) is 17.7 Å². The van der Waals surface area contributed by atoms with Gasteiger partial charge in [-0.3, -0.25) is 4.79 Å². The van der Waals surface area contributed by atoms with Gasteiger partial charge < -0.3 is 15.2 Å². The van der Waals surface area contributed by atoms with Gasteiger partial charge in [0, 0.05) is 13.7 Å². The van der Waals surface area contributed by atoms with Crippen LogP contribution in [0.25, 0.3) is 0 Å². The first kappa shape index (κ1) is 17.3. The number of benzene rings is 1. The molecule has 0 aliphatic rings. The third-order valence-electron chi connectivity index (χ3n) is 2.70. The highest BCUT2D eigenvalue weighted by Crippen LogP contribution is 2.19. The first-order valence-electron chi connectivity index (χ1n) is 6.04. The molecule has 116 valence electrons. The Kier molecular flexibility index (Phi) is 6.51. The number of carboxylic acids is 1. The van der Waals surface area contributed by atoms with Crippen LogP contribution in [0.1, 0.15) is 23.2 Å². The second-order valence-electron chi connectivity index (χ2n) is 4.25. The van der Waals surface area contributed by atoms with Gasteiger partial charge in [0.05, 0.1) is 10.6 Å². The molecule has 0 aliphatic carbocycles. The maximum atomic E-state index is 13.6. The van der Waals surface area contributed by atoms with Gasteiger partial charge in [0.25, 0.3) is 5.91 Å². The molecule has 0 fully saturated rings. The number of nitrogens with one attached hydrogen (secondary N) is 1. The van der Waals surface area contributed by atoms with Crippen molar-refractivity contribution in [1.29, 1.82) is 0 Å². The van der Waals surface area contributed by atoms with Crippen LogP contribution in [-0.2, 0) is 9.53 Å². The van der Waals surface area contributed by atoms with Gasteiger partial charge >= 0.3 is 5.97 Å². The average Bonchev–Trinajstić information content (AvgIpc) is 2.41. The normalized spacial score (nSPS) is 12.0. The summed E-state index contributed by atoms with van der Waals surface area (Å²) in [7, 11) is 1.46. The lowest BCUT2D eigenvalue weighted by molar-refractivity contribution is -0.139. The number of carbonyl (C=O) groups is 2. The molecule has 0 aliphatic heterocycles. The molecular weight excluding hydrogens is 308 g/mol. The summed E-state index contributed by atoms with van der Waals surface area (Å²) in [5.74, 6) is -4.28. The summed E-state index contributed by atoms with van der Waals surface area (Å²) in [6, 6.07) is 0.0684. The SMILES string of the molecule is COCCCC(NC(=O)c1cc(F)c(Cl)cc1F)C(=O)O. The number of carboxylic acid groups (broad SMARTS) is 1. The second kappa shape index (κ2) is 7.90. The molecule has 0 radical (unpaired) electrons. The smallest absolute Gasteiger partial charge is 0.326 e. The fourth-order valence-corrected chi connectivity index (χ4v) is 1.77. The van der Waals surface area contributed by atoms with E-state index in [-0.39, 0.29) is 6.42 Å². The van der Waals surface area contributed by atoms with E-state index in [2.05, 4.69) is 5.32 Å². The molecule has 1 atom stereocenters. The molecule has 1 amide bonds. The summed E-state index contributed by atoms with van der Waals surface area (Å²) in [6.45, 7) is 0.323. The first-order valence-corrected chi connectivity index (χ1v) is 6.41. The van der Waals surface area contributed by atoms with Crippen molar-refractivity contribution < 1.29 is 28.2 Å². The minimum Gasteiger partial charge on any atom is -0.480 e. The van der Waals surface area contributed by atoms with Crippen molar-refractivity contribution in [3.8, 4) is 0 Å². The molecule has 1 aromatic carbocycles. The van der Waals surface area contributed by atoms with E-state index in [1.807, 2.05) is 0 Å². The number of rotatable bonds is 7. The van der Waals surface area contributed by atoms with Crippen LogP contribution in [0.15, 0.2) is 12.1 Å². The van der Waals surface area contributed by atoms with E-state index in [1.54, 1.807) is 0 Å². The third-order valence-corrected chi connectivity index (χ3v) is 2.99. The fourth-order valence-electron chi connectivity index (χ4n) is 1.62. The summed E-state index contributed by atoms with van der Waals surface area (Å²) >= 11 is 5.38. The van der Waals surface area contributed by atoms with Gasteiger partial charge in [0.15, 0.2) is 0 Å². The van der Waals surface area contributed by atoms with E-state index in [0.717, 1.165) is 0 Å². The van der Waals surface area contributed by atoms with Crippen molar-refractivity contribution in [2.24, 2.45) is 0 Å². The van der Waals surface area contributed by atoms with E-state index in [0.29, 0.717) is 25.2 Å². The van der Waals surface area contributed by atoms with Crippen molar-refractivity contribution in [3.63, 3.8) is 0 Å². The van der Waals surface area contributed by atoms with Gasteiger partial charge in [0.2, 0.25) is 0 Å². The minimum atomic E-state index is -1.27. The van der Waals surface area contributed by atoms with Gasteiger partial charge in [-0.15, -0.1) is 0 Å². The lowest BCUT2D eigenvalue weighted by Crippen LogP contribution is -2.41. The van der Waals surface area contributed by atoms with Gasteiger partial charge in [-0.25, -0.2) is 13.6 Å². The van der Waals surface area contributed by atoms with Crippen LogP contribution in [-0.4, -0.2) is 36.7 Å². The van der Waals surface area contributed by atoms with Crippen LogP contribution in [0.4, 0.5) is 8.78 Å². The molecule has 1 rings (SSSR count). The number of halogens is 3. The highest BCUT2D eigenvalue weighted by atomic mass is 35.5. The minimum absolute atomic E-state index is 0.104. The largest absolute Gasteiger partial charge is 0.480 e. The van der Waals surface area contributed by atoms with Crippen molar-refractivity contribution in [3.05, 3.63) is 34.4 Å². The molecule has 1 aromatic rings. The molecule has 0 saturated carbocycles. The summed E-state index contributed by atoms with van der Waals surface area (Å²) in [4.78, 5) is 22.8. The molecule has 0 aromatic heterocycles. The summed E-state index contributed by atoms with van der Waals surface area (Å²) < 4.78 is 31.6. The molecule has 2 N–H and O–H groups in total. The summed E-state index contributed by atoms with van der Waals surface area (Å²) in [6.07, 6.45) is 0.498. The fraction of sp³-hybridized carbons (Fsp3) is 0.385. The topological polar surface area (TPSA) is 75.6 Å². The first-order chi connectivity index (χ1) is 9.86. The summed E-state index contributed by atoms with van der Waals surface area (Å²) in [5.41, 5.74) is -0.602. The van der Waals surface area contributed by atoms with Crippen LogP contribution in [0.3, 0.4) is 0 Å². The number of ether oxygens (including phenoxy) is 1. The Labute approximate surface area is 124 Å². The zero-order valence-corrected chi connectivity index (χ0v) is 11.9. The number of amides is 1. The van der Waals surface area contributed by atoms with E-state index < -0.39 is 40.1 Å². The Balaban J connectivity index is 2.82. The Hall–Kier alpha value is -1.73. The quantitative estimate of drug-likeness (QED) is 0.596. The predicted molar refractivity (Wildman–Crippen MR) is 71.4 cm³/mol. The molecular formula is C13H14ClF2NO4. The van der Waals surface area contributed by atoms with Crippen LogP contribution < -0.4 is 5.32 Å². The summed E-state index contributed by atoms with van der Waals surface area (Å²) in [5, 5.41) is 10.7. The Morgan fingerprint density at radius 3 is 2.62 bits per heavy atom. The second-order valence-corrected chi connectivity index (χ2v) is 4.65. The van der Waals surface area contributed by atoms with Crippen LogP contribution >= 0.6 is 11.6 Å². The van der Waals surface area contributed by atoms with E-state index in [9.17, 15) is 18.4 Å². The monoisotopic (exact) mass is 321 g/mol. The number of hydrogen-bond acceptors (Lipinski definition) is 3. The van der Waals surface area contributed by atoms with E-state index in [4.69, 9.17) is 21.4 Å². The van der Waals surface area contributed by atoms with E-state index >= 15 is 0 Å². The number of aliphatic carboxylic acids is 1. The highest BCUT2D eigenvalue weighted by Gasteiger charge is 2.23. The third kappa shape index (κ3) is 4.95. The molecule has 0 saturated heterocycles. The van der Waals surface area contributed by atoms with Crippen LogP contribution in [0.2, 0.25) is 5.02 Å². The maximum Gasteiger partial charge on any atom is 0.326 e. The zero-order valence-electron chi connectivity index (χ0n) is 11.2.